The zero-order valence-electron chi connectivity index (χ0n) is 26.0. The smallest absolute Gasteiger partial charge is 0.342 e. The van der Waals surface area contributed by atoms with Gasteiger partial charge in [0.05, 0.1) is 24.9 Å². The fraction of sp³-hybridized carbons (Fsp3) is 0.545. The van der Waals surface area contributed by atoms with Crippen molar-refractivity contribution in [3.05, 3.63) is 65.9 Å². The fourth-order valence-corrected chi connectivity index (χ4v) is 5.94. The molecule has 2 bridgehead atoms. The minimum absolute atomic E-state index is 0.0457. The third-order valence-electron chi connectivity index (χ3n) is 8.07. The summed E-state index contributed by atoms with van der Waals surface area (Å²) in [6.07, 6.45) is 4.94. The number of phenolic OH excluding ortho intramolecular Hbond substituents is 1. The monoisotopic (exact) mass is 644 g/mol. The number of hydrogen-bond acceptors (Lipinski definition) is 11. The number of aliphatic hydroxyl groups is 3. The molecule has 0 aromatic heterocycles. The lowest BCUT2D eigenvalue weighted by atomic mass is 9.90. The Morgan fingerprint density at radius 1 is 1.07 bits per heavy atom. The molecule has 9 atom stereocenters. The maximum atomic E-state index is 13.3. The summed E-state index contributed by atoms with van der Waals surface area (Å²) in [6.45, 7) is 2.69. The van der Waals surface area contributed by atoms with Crippen LogP contribution in [0.2, 0.25) is 0 Å². The molecule has 1 aromatic rings. The number of aromatic hydroxyl groups is 1. The van der Waals surface area contributed by atoms with Crippen molar-refractivity contribution in [3.8, 4) is 5.75 Å². The zero-order chi connectivity index (χ0) is 33.2. The molecule has 2 saturated heterocycles. The van der Waals surface area contributed by atoms with Gasteiger partial charge in [0.2, 0.25) is 11.8 Å². The third-order valence-corrected chi connectivity index (χ3v) is 8.07. The largest absolute Gasteiger partial charge is 0.507 e. The topological polar surface area (TPSA) is 193 Å². The SMILES string of the molecule is CC/C=C\C=C/C(=O)N/C=C/C[C@H]1C[C@H]2C[C@@H](O[C@@H]3O[C@H](CO)[C@@H](O)[C@H](O)[C@H]3NC(C)=O)C[C@H](Cc3cccc(O)c3C(=O)O1)O2. The van der Waals surface area contributed by atoms with Crippen LogP contribution in [0.5, 0.6) is 5.75 Å². The normalized spacial score (nSPS) is 31.8. The number of nitrogens with one attached hydrogen (secondary N) is 2. The summed E-state index contributed by atoms with van der Waals surface area (Å²) < 4.78 is 24.4. The summed E-state index contributed by atoms with van der Waals surface area (Å²) in [5.74, 6) is -1.66. The summed E-state index contributed by atoms with van der Waals surface area (Å²) in [6, 6.07) is 3.66. The van der Waals surface area contributed by atoms with Gasteiger partial charge in [-0.05, 0) is 24.5 Å². The molecule has 0 spiro atoms. The highest BCUT2D eigenvalue weighted by atomic mass is 16.7. The van der Waals surface area contributed by atoms with Crippen LogP contribution in [0.1, 0.15) is 61.9 Å². The lowest BCUT2D eigenvalue weighted by Gasteiger charge is -2.45. The lowest BCUT2D eigenvalue weighted by Crippen LogP contribution is -2.65. The second kappa shape index (κ2) is 16.8. The highest BCUT2D eigenvalue weighted by molar-refractivity contribution is 5.94. The van der Waals surface area contributed by atoms with Crippen molar-refractivity contribution in [2.75, 3.05) is 6.61 Å². The van der Waals surface area contributed by atoms with Crippen molar-refractivity contribution in [1.29, 1.82) is 0 Å². The summed E-state index contributed by atoms with van der Waals surface area (Å²) in [4.78, 5) is 37.3. The summed E-state index contributed by atoms with van der Waals surface area (Å²) in [5.41, 5.74) is 0.579. The first kappa shape index (κ1) is 35.3. The number of rotatable bonds is 10. The number of hydrogen-bond donors (Lipinski definition) is 6. The average Bonchev–Trinajstić information content (AvgIpc) is 3.00. The molecule has 0 saturated carbocycles. The molecule has 2 amide bonds. The Kier molecular flexibility index (Phi) is 12.9. The van der Waals surface area contributed by atoms with Gasteiger partial charge in [-0.3, -0.25) is 9.59 Å². The number of aliphatic hydroxyl groups excluding tert-OH is 3. The van der Waals surface area contributed by atoms with Crippen LogP contribution in [-0.4, -0.2) is 99.9 Å². The first-order valence-electron chi connectivity index (χ1n) is 15.6. The van der Waals surface area contributed by atoms with Gasteiger partial charge in [-0.1, -0.05) is 43.4 Å². The fourth-order valence-electron chi connectivity index (χ4n) is 5.94. The van der Waals surface area contributed by atoms with Crippen LogP contribution in [-0.2, 0) is 35.0 Å². The number of amides is 2. The Balaban J connectivity index is 1.53. The van der Waals surface area contributed by atoms with Crippen molar-refractivity contribution < 1.29 is 53.8 Å². The predicted octanol–water partition coefficient (Wildman–Crippen LogP) is 1.28. The second-order valence-electron chi connectivity index (χ2n) is 11.7. The van der Waals surface area contributed by atoms with E-state index in [4.69, 9.17) is 18.9 Å². The van der Waals surface area contributed by atoms with Gasteiger partial charge < -0.3 is 50.0 Å². The number of benzene rings is 1. The number of fused-ring (bicyclic) bond motifs is 3. The molecule has 252 valence electrons. The van der Waals surface area contributed by atoms with E-state index in [1.807, 2.05) is 13.0 Å². The van der Waals surface area contributed by atoms with Crippen molar-refractivity contribution in [2.24, 2.45) is 0 Å². The number of cyclic esters (lactones) is 1. The quantitative estimate of drug-likeness (QED) is 0.122. The predicted molar refractivity (Wildman–Crippen MR) is 164 cm³/mol. The maximum absolute atomic E-state index is 13.3. The van der Waals surface area contributed by atoms with E-state index in [1.165, 1.54) is 25.3 Å². The van der Waals surface area contributed by atoms with Crippen molar-refractivity contribution >= 4 is 17.8 Å². The highest BCUT2D eigenvalue weighted by Crippen LogP contribution is 2.34. The van der Waals surface area contributed by atoms with Gasteiger partial charge >= 0.3 is 5.97 Å². The van der Waals surface area contributed by atoms with Gasteiger partial charge in [0, 0.05) is 44.9 Å². The molecular formula is C33H44N2O11. The Morgan fingerprint density at radius 3 is 2.59 bits per heavy atom. The van der Waals surface area contributed by atoms with Gasteiger partial charge in [0.25, 0.3) is 0 Å². The van der Waals surface area contributed by atoms with Crippen LogP contribution in [0.3, 0.4) is 0 Å². The molecule has 3 heterocycles. The summed E-state index contributed by atoms with van der Waals surface area (Å²) in [5, 5.41) is 46.7. The van der Waals surface area contributed by atoms with Gasteiger partial charge in [-0.15, -0.1) is 0 Å². The number of carbonyl (C=O) groups excluding carboxylic acids is 3. The van der Waals surface area contributed by atoms with Crippen molar-refractivity contribution in [3.63, 3.8) is 0 Å². The highest BCUT2D eigenvalue weighted by Gasteiger charge is 2.47. The van der Waals surface area contributed by atoms with E-state index in [-0.39, 0.29) is 36.5 Å². The van der Waals surface area contributed by atoms with E-state index in [9.17, 15) is 34.8 Å². The van der Waals surface area contributed by atoms with E-state index in [0.717, 1.165) is 6.42 Å². The van der Waals surface area contributed by atoms with Crippen LogP contribution < -0.4 is 10.6 Å². The van der Waals surface area contributed by atoms with Gasteiger partial charge in [0.15, 0.2) is 6.29 Å². The van der Waals surface area contributed by atoms with E-state index in [0.29, 0.717) is 18.4 Å². The number of esters is 1. The van der Waals surface area contributed by atoms with Crippen LogP contribution >= 0.6 is 0 Å². The first-order valence-corrected chi connectivity index (χ1v) is 15.6. The molecule has 0 unspecified atom stereocenters. The number of allylic oxidation sites excluding steroid dienone is 3. The molecule has 4 rings (SSSR count). The van der Waals surface area contributed by atoms with E-state index >= 15 is 0 Å². The van der Waals surface area contributed by atoms with Crippen molar-refractivity contribution in [1.82, 2.24) is 10.6 Å². The summed E-state index contributed by atoms with van der Waals surface area (Å²) >= 11 is 0. The number of ether oxygens (including phenoxy) is 4. The minimum Gasteiger partial charge on any atom is -0.507 e. The standard InChI is InChI=1S/C33H44N2O11/c1-3-4-5-6-12-27(39)34-13-8-10-21-15-23-17-24(45-33-29(35-19(2)37)31(41)30(40)26(18-36)46-33)16-22(43-23)14-20-9-7-11-25(38)28(20)32(42)44-21/h4-9,11-13,21-24,26,29-31,33,36,38,40-41H,3,10,14-18H2,1-2H3,(H,34,39)(H,35,37)/b5-4-,12-6-,13-8+/t21-,22-,23-,24-,26+,29+,30+,31+,33+/m0/s1. The van der Waals surface area contributed by atoms with Crippen LogP contribution in [0.4, 0.5) is 0 Å². The molecule has 3 aliphatic heterocycles. The molecule has 13 heteroatoms. The number of phenols is 1. The first-order chi connectivity index (χ1) is 22.1. The molecule has 46 heavy (non-hydrogen) atoms. The molecule has 3 aliphatic rings. The number of carbonyl (C=O) groups is 3. The van der Waals surface area contributed by atoms with E-state index in [1.54, 1.807) is 30.4 Å². The molecule has 6 N–H and O–H groups in total. The maximum Gasteiger partial charge on any atom is 0.342 e. The van der Waals surface area contributed by atoms with E-state index in [2.05, 4.69) is 10.6 Å². The molecule has 0 aliphatic carbocycles. The zero-order valence-corrected chi connectivity index (χ0v) is 26.0. The van der Waals surface area contributed by atoms with Crippen molar-refractivity contribution in [2.45, 2.75) is 107 Å². The average molecular weight is 645 g/mol. The van der Waals surface area contributed by atoms with Gasteiger partial charge in [-0.2, -0.15) is 0 Å². The minimum atomic E-state index is -1.45. The molecule has 0 radical (unpaired) electrons. The van der Waals surface area contributed by atoms with Crippen LogP contribution in [0.25, 0.3) is 0 Å². The van der Waals surface area contributed by atoms with Gasteiger partial charge in [-0.25, -0.2) is 4.79 Å². The van der Waals surface area contributed by atoms with Gasteiger partial charge in [0.1, 0.15) is 41.8 Å². The van der Waals surface area contributed by atoms with E-state index < -0.39 is 73.5 Å². The Morgan fingerprint density at radius 2 is 1.85 bits per heavy atom. The lowest BCUT2D eigenvalue weighted by molar-refractivity contribution is -0.291. The Labute approximate surface area is 267 Å². The molecule has 2 fully saturated rings. The molecule has 13 nitrogen and oxygen atoms in total. The van der Waals surface area contributed by atoms with Crippen LogP contribution in [0.15, 0.2) is 54.8 Å². The molecule has 1 aromatic carbocycles. The third kappa shape index (κ3) is 9.47. The summed E-state index contributed by atoms with van der Waals surface area (Å²) in [7, 11) is 0. The van der Waals surface area contributed by atoms with Crippen LogP contribution in [0, 0.1) is 0 Å². The molecular weight excluding hydrogens is 600 g/mol. The Hall–Kier alpha value is -3.59. The second-order valence-corrected chi connectivity index (χ2v) is 11.7. The Bertz CT molecular complexity index is 1300.